The number of rotatable bonds is 76. The number of esters is 4. The fourth-order valence-electron chi connectivity index (χ4n) is 11.7. The fraction of sp³-hybridized carbons (Fsp3) is 0.947. The monoisotopic (exact) mass is 1400 g/mol. The van der Waals surface area contributed by atoms with E-state index in [1.165, 1.54) is 225 Å². The Bertz CT molecular complexity index is 1820. The van der Waals surface area contributed by atoms with Crippen molar-refractivity contribution in [1.29, 1.82) is 0 Å². The average molecular weight is 1400 g/mol. The molecule has 0 amide bonds. The van der Waals surface area contributed by atoms with Gasteiger partial charge in [0.25, 0.3) is 0 Å². The summed E-state index contributed by atoms with van der Waals surface area (Å²) in [5.74, 6) is -1.33. The van der Waals surface area contributed by atoms with Crippen molar-refractivity contribution in [1.82, 2.24) is 0 Å². The number of aliphatic hydroxyl groups excluding tert-OH is 1. The highest BCUT2D eigenvalue weighted by molar-refractivity contribution is 7.47. The van der Waals surface area contributed by atoms with Crippen molar-refractivity contribution in [3.63, 3.8) is 0 Å². The molecular weight excluding hydrogens is 1250 g/mol. The van der Waals surface area contributed by atoms with Gasteiger partial charge in [0.15, 0.2) is 12.2 Å². The van der Waals surface area contributed by atoms with E-state index >= 15 is 0 Å². The largest absolute Gasteiger partial charge is 0.472 e. The van der Waals surface area contributed by atoms with Crippen molar-refractivity contribution in [3.8, 4) is 0 Å². The van der Waals surface area contributed by atoms with Crippen molar-refractivity contribution >= 4 is 39.5 Å². The molecule has 0 aromatic carbocycles. The number of carbonyl (C=O) groups excluding carboxylic acids is 4. The first-order valence-electron chi connectivity index (χ1n) is 39.6. The number of carbonyl (C=O) groups is 4. The van der Waals surface area contributed by atoms with Gasteiger partial charge in [-0.1, -0.05) is 349 Å². The maximum Gasteiger partial charge on any atom is 0.472 e. The van der Waals surface area contributed by atoms with Crippen molar-refractivity contribution in [3.05, 3.63) is 0 Å². The van der Waals surface area contributed by atoms with Gasteiger partial charge in [-0.25, -0.2) is 9.13 Å². The Hall–Kier alpha value is -1.94. The Labute approximate surface area is 581 Å². The summed E-state index contributed by atoms with van der Waals surface area (Å²) in [4.78, 5) is 72.8. The Morgan fingerprint density at radius 1 is 0.284 bits per heavy atom. The second-order valence-corrected chi connectivity index (χ2v) is 30.8. The molecule has 0 saturated carbocycles. The van der Waals surface area contributed by atoms with Crippen LogP contribution in [0.25, 0.3) is 0 Å². The van der Waals surface area contributed by atoms with E-state index in [1.807, 2.05) is 0 Å². The van der Waals surface area contributed by atoms with Crippen LogP contribution in [-0.4, -0.2) is 96.7 Å². The second kappa shape index (κ2) is 69.2. The zero-order chi connectivity index (χ0) is 69.8. The van der Waals surface area contributed by atoms with Gasteiger partial charge in [0.05, 0.1) is 26.4 Å². The maximum absolute atomic E-state index is 13.1. The Morgan fingerprint density at radius 3 is 0.716 bits per heavy atom. The van der Waals surface area contributed by atoms with Crippen LogP contribution in [0.15, 0.2) is 0 Å². The van der Waals surface area contributed by atoms with Crippen molar-refractivity contribution < 1.29 is 80.2 Å². The van der Waals surface area contributed by atoms with E-state index in [9.17, 15) is 43.2 Å². The molecule has 5 atom stereocenters. The van der Waals surface area contributed by atoms with Crippen LogP contribution in [0.5, 0.6) is 0 Å². The van der Waals surface area contributed by atoms with Gasteiger partial charge in [-0.05, 0) is 31.6 Å². The Kier molecular flexibility index (Phi) is 67.7. The van der Waals surface area contributed by atoms with E-state index in [0.717, 1.165) is 95.8 Å². The number of hydrogen-bond donors (Lipinski definition) is 3. The fourth-order valence-corrected chi connectivity index (χ4v) is 13.3. The summed E-state index contributed by atoms with van der Waals surface area (Å²) in [5.41, 5.74) is 0. The topological polar surface area (TPSA) is 237 Å². The number of aliphatic hydroxyl groups is 1. The lowest BCUT2D eigenvalue weighted by Crippen LogP contribution is -2.30. The third-order valence-electron chi connectivity index (χ3n) is 17.8. The molecule has 0 rings (SSSR count). The number of phosphoric ester groups is 2. The van der Waals surface area contributed by atoms with E-state index in [2.05, 4.69) is 34.6 Å². The molecule has 0 bridgehead atoms. The SMILES string of the molecule is CCCCCCCCCCCCCCCCCCCC(=O)O[C@H](COC(=O)CCCCCCCCCCCCCCC(C)C)COP(=O)(O)OC[C@@H](O)COP(=O)(O)OC[C@@H](COC(=O)CCCCCCCCCCCC)OC(=O)CCCCCCCCCCCCCCC. The van der Waals surface area contributed by atoms with Gasteiger partial charge < -0.3 is 33.8 Å². The summed E-state index contributed by atoms with van der Waals surface area (Å²) in [6.45, 7) is 7.31. The molecule has 0 aliphatic carbocycles. The summed E-state index contributed by atoms with van der Waals surface area (Å²) < 4.78 is 68.5. The molecule has 0 saturated heterocycles. The lowest BCUT2D eigenvalue weighted by molar-refractivity contribution is -0.161. The highest BCUT2D eigenvalue weighted by atomic mass is 31.2. The average Bonchev–Trinajstić information content (AvgIpc) is 1.93. The molecule has 3 N–H and O–H groups in total. The van der Waals surface area contributed by atoms with E-state index in [4.69, 9.17) is 37.0 Å². The summed E-state index contributed by atoms with van der Waals surface area (Å²) in [7, 11) is -9.91. The summed E-state index contributed by atoms with van der Waals surface area (Å²) in [5, 5.41) is 10.6. The van der Waals surface area contributed by atoms with Gasteiger partial charge in [0.1, 0.15) is 19.3 Å². The van der Waals surface area contributed by atoms with Crippen LogP contribution in [0.4, 0.5) is 0 Å². The first kappa shape index (κ1) is 93.1. The van der Waals surface area contributed by atoms with Crippen LogP contribution >= 0.6 is 15.6 Å². The van der Waals surface area contributed by atoms with Crippen LogP contribution in [0.3, 0.4) is 0 Å². The first-order valence-corrected chi connectivity index (χ1v) is 42.6. The Balaban J connectivity index is 5.24. The molecule has 19 heteroatoms. The molecule has 0 heterocycles. The van der Waals surface area contributed by atoms with Crippen molar-refractivity contribution in [2.45, 2.75) is 419 Å². The lowest BCUT2D eigenvalue weighted by atomic mass is 10.0. The summed E-state index contributed by atoms with van der Waals surface area (Å²) in [6.07, 6.45) is 58.1. The standard InChI is InChI=1S/C76H148O17P2/c1-6-9-12-15-18-21-24-26-27-28-29-31-37-42-47-52-57-62-76(81)93-72(66-87-74(79)60-55-50-45-40-35-33-32-34-38-43-48-53-58-69(4)5)68-91-95(84,85)89-64-70(77)63-88-94(82,83)90-67-71(65-86-73(78)59-54-49-44-39-23-20-17-14-11-8-3)92-75(80)61-56-51-46-41-36-30-25-22-19-16-13-10-7-2/h69-72,77H,6-68H2,1-5H3,(H,82,83)(H,84,85)/t70-,71+,72+/m0/s1. The molecule has 0 aliphatic rings. The molecular formula is C76H148O17P2. The molecule has 2 unspecified atom stereocenters. The summed E-state index contributed by atoms with van der Waals surface area (Å²) in [6, 6.07) is 0. The third kappa shape index (κ3) is 70.3. The highest BCUT2D eigenvalue weighted by Gasteiger charge is 2.30. The molecule has 0 aliphatic heterocycles. The highest BCUT2D eigenvalue weighted by Crippen LogP contribution is 2.45. The first-order chi connectivity index (χ1) is 46.0. The number of ether oxygens (including phenoxy) is 4. The molecule has 0 spiro atoms. The van der Waals surface area contributed by atoms with Crippen LogP contribution in [-0.2, 0) is 65.4 Å². The molecule has 17 nitrogen and oxygen atoms in total. The van der Waals surface area contributed by atoms with Crippen molar-refractivity contribution in [2.24, 2.45) is 5.92 Å². The van der Waals surface area contributed by atoms with Crippen LogP contribution < -0.4 is 0 Å². The van der Waals surface area contributed by atoms with Crippen LogP contribution in [0, 0.1) is 5.92 Å². The molecule has 0 radical (unpaired) electrons. The number of unbranched alkanes of at least 4 members (excludes halogenated alkanes) is 48. The molecule has 564 valence electrons. The minimum absolute atomic E-state index is 0.108. The minimum atomic E-state index is -4.96. The maximum atomic E-state index is 13.1. The Morgan fingerprint density at radius 2 is 0.484 bits per heavy atom. The minimum Gasteiger partial charge on any atom is -0.462 e. The predicted molar refractivity (Wildman–Crippen MR) is 386 cm³/mol. The van der Waals surface area contributed by atoms with Gasteiger partial charge in [0.2, 0.25) is 0 Å². The quantitative estimate of drug-likeness (QED) is 0.0222. The lowest BCUT2D eigenvalue weighted by Gasteiger charge is -2.21. The van der Waals surface area contributed by atoms with E-state index in [-0.39, 0.29) is 25.7 Å². The molecule has 0 aromatic heterocycles. The normalized spacial score (nSPS) is 13.9. The predicted octanol–water partition coefficient (Wildman–Crippen LogP) is 22.5. The number of phosphoric acid groups is 2. The van der Waals surface area contributed by atoms with E-state index in [0.29, 0.717) is 25.7 Å². The molecule has 0 fully saturated rings. The molecule has 95 heavy (non-hydrogen) atoms. The van der Waals surface area contributed by atoms with Gasteiger partial charge in [-0.3, -0.25) is 37.3 Å². The second-order valence-electron chi connectivity index (χ2n) is 27.9. The number of hydrogen-bond acceptors (Lipinski definition) is 15. The van der Waals surface area contributed by atoms with Crippen molar-refractivity contribution in [2.75, 3.05) is 39.6 Å². The van der Waals surface area contributed by atoms with Gasteiger partial charge in [-0.15, -0.1) is 0 Å². The smallest absolute Gasteiger partial charge is 0.462 e. The van der Waals surface area contributed by atoms with Crippen LogP contribution in [0.2, 0.25) is 0 Å². The van der Waals surface area contributed by atoms with Gasteiger partial charge in [-0.2, -0.15) is 0 Å². The summed E-state index contributed by atoms with van der Waals surface area (Å²) >= 11 is 0. The third-order valence-corrected chi connectivity index (χ3v) is 19.7. The van der Waals surface area contributed by atoms with E-state index < -0.39 is 97.5 Å². The molecule has 0 aromatic rings. The zero-order valence-electron chi connectivity index (χ0n) is 61.8. The van der Waals surface area contributed by atoms with Gasteiger partial charge in [0, 0.05) is 25.7 Å². The van der Waals surface area contributed by atoms with E-state index in [1.54, 1.807) is 0 Å². The van der Waals surface area contributed by atoms with Gasteiger partial charge >= 0.3 is 39.5 Å². The van der Waals surface area contributed by atoms with Crippen LogP contribution in [0.1, 0.15) is 401 Å². The zero-order valence-corrected chi connectivity index (χ0v) is 63.6.